The van der Waals surface area contributed by atoms with Gasteiger partial charge in [-0.1, -0.05) is 53.6 Å². The summed E-state index contributed by atoms with van der Waals surface area (Å²) in [5.41, 5.74) is 9.37. The monoisotopic (exact) mass is 499 g/mol. The van der Waals surface area contributed by atoms with Crippen LogP contribution in [0.4, 0.5) is 8.78 Å². The topological polar surface area (TPSA) is 148 Å². The Bertz CT molecular complexity index is 1080. The van der Waals surface area contributed by atoms with Crippen LogP contribution in [-0.4, -0.2) is 63.1 Å². The Morgan fingerprint density at radius 2 is 1.71 bits per heavy atom. The molecule has 34 heavy (non-hydrogen) atoms. The van der Waals surface area contributed by atoms with Crippen molar-refractivity contribution >= 4 is 16.1 Å². The molecule has 0 saturated heterocycles. The molecule has 3 atom stereocenters. The zero-order valence-corrected chi connectivity index (χ0v) is 18.8. The molecule has 184 valence electrons. The van der Waals surface area contributed by atoms with Gasteiger partial charge in [-0.25, -0.2) is 13.6 Å². The number of ether oxygens (including phenoxy) is 2. The van der Waals surface area contributed by atoms with Crippen molar-refractivity contribution in [2.45, 2.75) is 30.8 Å². The van der Waals surface area contributed by atoms with Crippen LogP contribution in [0, 0.1) is 0 Å². The van der Waals surface area contributed by atoms with Crippen molar-refractivity contribution in [2.75, 3.05) is 19.5 Å². The fraction of sp³-hybridized carbons (Fsp3) is 0.381. The largest absolute Gasteiger partial charge is 0.461 e. The van der Waals surface area contributed by atoms with Gasteiger partial charge in [0.1, 0.15) is 24.9 Å². The molecule has 0 amide bonds. The van der Waals surface area contributed by atoms with Gasteiger partial charge in [0, 0.05) is 4.91 Å². The van der Waals surface area contributed by atoms with Crippen molar-refractivity contribution in [3.05, 3.63) is 82.2 Å². The molecule has 13 heteroatoms. The summed E-state index contributed by atoms with van der Waals surface area (Å²) in [6, 6.07) is 13.4. The van der Waals surface area contributed by atoms with Gasteiger partial charge in [-0.2, -0.15) is 8.42 Å². The maximum Gasteiger partial charge on any atom is 0.338 e. The minimum absolute atomic E-state index is 0.0870. The molecule has 0 radical (unpaired) electrons. The number of hydrogen-bond acceptors (Lipinski definition) is 8. The average Bonchev–Trinajstić information content (AvgIpc) is 2.81. The summed E-state index contributed by atoms with van der Waals surface area (Å²) in [5, 5.41) is 13.4. The number of halogens is 2. The van der Waals surface area contributed by atoms with Crippen molar-refractivity contribution < 1.29 is 40.8 Å². The van der Waals surface area contributed by atoms with E-state index >= 15 is 8.78 Å². The molecule has 0 spiro atoms. The zero-order valence-electron chi connectivity index (χ0n) is 18.0. The van der Waals surface area contributed by atoms with Gasteiger partial charge in [-0.05, 0) is 23.2 Å². The van der Waals surface area contributed by atoms with Crippen molar-refractivity contribution in [1.82, 2.24) is 0 Å². The predicted molar refractivity (Wildman–Crippen MR) is 116 cm³/mol. The van der Waals surface area contributed by atoms with Gasteiger partial charge in [0.25, 0.3) is 16.0 Å². The third-order valence-corrected chi connectivity index (χ3v) is 5.04. The average molecular weight is 499 g/mol. The molecule has 0 aliphatic carbocycles. The fourth-order valence-corrected chi connectivity index (χ4v) is 3.19. The summed E-state index contributed by atoms with van der Waals surface area (Å²) < 4.78 is 67.9. The molecule has 10 nitrogen and oxygen atoms in total. The van der Waals surface area contributed by atoms with Crippen molar-refractivity contribution in [3.8, 4) is 0 Å². The first-order valence-electron chi connectivity index (χ1n) is 9.86. The van der Waals surface area contributed by atoms with E-state index in [1.165, 1.54) is 12.1 Å². The fourth-order valence-electron chi connectivity index (χ4n) is 2.81. The van der Waals surface area contributed by atoms with Gasteiger partial charge >= 0.3 is 5.97 Å². The van der Waals surface area contributed by atoms with E-state index in [4.69, 9.17) is 15.0 Å². The first-order chi connectivity index (χ1) is 16.0. The Balaban J connectivity index is 2.24. The first kappa shape index (κ1) is 27.2. The number of aliphatic hydroxyl groups is 1. The molecular weight excluding hydrogens is 476 g/mol. The van der Waals surface area contributed by atoms with Crippen LogP contribution in [0.25, 0.3) is 10.4 Å². The number of hydrogen-bond donors (Lipinski definition) is 1. The minimum Gasteiger partial charge on any atom is -0.461 e. The maximum atomic E-state index is 15.4. The maximum absolute atomic E-state index is 15.4. The van der Waals surface area contributed by atoms with Gasteiger partial charge in [0.05, 0.1) is 25.0 Å². The molecule has 2 aromatic carbocycles. The van der Waals surface area contributed by atoms with Crippen LogP contribution < -0.4 is 0 Å². The second-order valence-electron chi connectivity index (χ2n) is 7.13. The number of carbonyl (C=O) groups is 1. The van der Waals surface area contributed by atoms with E-state index in [1.54, 1.807) is 48.5 Å². The lowest BCUT2D eigenvalue weighted by Gasteiger charge is -2.33. The van der Waals surface area contributed by atoms with Gasteiger partial charge < -0.3 is 14.6 Å². The molecule has 2 rings (SSSR count). The van der Waals surface area contributed by atoms with E-state index in [2.05, 4.69) is 14.2 Å². The number of esters is 1. The SMILES string of the molecule is CS(=O)(=O)OC[C@@H](O)[C@@H](OCc1ccccc1)C(F)(F)[C@@H](COC(=O)c1ccccc1)N=[N+]=[N-]. The summed E-state index contributed by atoms with van der Waals surface area (Å²) in [6.07, 6.45) is -3.83. The summed E-state index contributed by atoms with van der Waals surface area (Å²) in [6.45, 7) is -2.46. The Morgan fingerprint density at radius 3 is 2.26 bits per heavy atom. The Morgan fingerprint density at radius 1 is 1.12 bits per heavy atom. The highest BCUT2D eigenvalue weighted by Gasteiger charge is 2.52. The molecule has 0 heterocycles. The highest BCUT2D eigenvalue weighted by Crippen LogP contribution is 2.32. The number of nitrogens with zero attached hydrogens (tertiary/aromatic N) is 3. The van der Waals surface area contributed by atoms with Gasteiger partial charge in [-0.3, -0.25) is 4.18 Å². The van der Waals surface area contributed by atoms with Crippen LogP contribution in [0.3, 0.4) is 0 Å². The molecule has 2 aromatic rings. The van der Waals surface area contributed by atoms with Crippen LogP contribution in [-0.2, 0) is 30.4 Å². The highest BCUT2D eigenvalue weighted by atomic mass is 32.2. The number of aliphatic hydroxyl groups excluding tert-OH is 1. The van der Waals surface area contributed by atoms with Crippen LogP contribution in [0.15, 0.2) is 65.8 Å². The minimum atomic E-state index is -4.10. The van der Waals surface area contributed by atoms with Crippen LogP contribution >= 0.6 is 0 Å². The summed E-state index contributed by atoms with van der Waals surface area (Å²) in [4.78, 5) is 14.5. The number of azide groups is 1. The molecular formula is C21H23F2N3O7S. The Kier molecular flexibility index (Phi) is 9.90. The highest BCUT2D eigenvalue weighted by molar-refractivity contribution is 7.85. The number of benzene rings is 2. The second kappa shape index (κ2) is 12.4. The van der Waals surface area contributed by atoms with E-state index < -0.39 is 53.5 Å². The standard InChI is InChI=1S/C21H23F2N3O7S/c1-34(29,30)33-13-17(27)19(31-12-15-8-4-2-5-9-15)21(22,23)18(25-26-24)14-32-20(28)16-10-6-3-7-11-16/h2-11,17-19,27H,12-14H2,1H3/t17-,18-,19-/m1/s1. The van der Waals surface area contributed by atoms with E-state index in [0.717, 1.165) is 0 Å². The van der Waals surface area contributed by atoms with E-state index in [1.807, 2.05) is 0 Å². The third-order valence-electron chi connectivity index (χ3n) is 4.47. The molecule has 0 aromatic heterocycles. The predicted octanol–water partition coefficient (Wildman–Crippen LogP) is 3.08. The van der Waals surface area contributed by atoms with Crippen molar-refractivity contribution in [1.29, 1.82) is 0 Å². The van der Waals surface area contributed by atoms with Crippen molar-refractivity contribution in [2.24, 2.45) is 5.11 Å². The van der Waals surface area contributed by atoms with Crippen molar-refractivity contribution in [3.63, 3.8) is 0 Å². The van der Waals surface area contributed by atoms with Crippen LogP contribution in [0.2, 0.25) is 0 Å². The van der Waals surface area contributed by atoms with Crippen LogP contribution in [0.5, 0.6) is 0 Å². The molecule has 0 aliphatic rings. The molecule has 0 saturated carbocycles. The Labute approximate surface area is 194 Å². The van der Waals surface area contributed by atoms with Gasteiger partial charge in [0.15, 0.2) is 0 Å². The third kappa shape index (κ3) is 8.36. The molecule has 0 fully saturated rings. The Hall–Kier alpha value is -3.09. The molecule has 0 bridgehead atoms. The number of rotatable bonds is 13. The molecule has 0 aliphatic heterocycles. The summed E-state index contributed by atoms with van der Waals surface area (Å²) >= 11 is 0. The quantitative estimate of drug-likeness (QED) is 0.146. The van der Waals surface area contributed by atoms with E-state index in [0.29, 0.717) is 11.8 Å². The smallest absolute Gasteiger partial charge is 0.338 e. The second-order valence-corrected chi connectivity index (χ2v) is 8.78. The zero-order chi connectivity index (χ0) is 25.2. The lowest BCUT2D eigenvalue weighted by Crippen LogP contribution is -2.54. The van der Waals surface area contributed by atoms with E-state index in [9.17, 15) is 18.3 Å². The van der Waals surface area contributed by atoms with Crippen LogP contribution in [0.1, 0.15) is 15.9 Å². The lowest BCUT2D eigenvalue weighted by atomic mass is 10.0. The summed E-state index contributed by atoms with van der Waals surface area (Å²) in [7, 11) is -4.06. The van der Waals surface area contributed by atoms with Gasteiger partial charge in [-0.15, -0.1) is 0 Å². The summed E-state index contributed by atoms with van der Waals surface area (Å²) in [5.74, 6) is -5.03. The number of alkyl halides is 2. The van der Waals surface area contributed by atoms with E-state index in [-0.39, 0.29) is 12.2 Å². The number of carbonyl (C=O) groups excluding carboxylic acids is 1. The molecule has 1 N–H and O–H groups in total. The lowest BCUT2D eigenvalue weighted by molar-refractivity contribution is -0.200. The molecule has 0 unspecified atom stereocenters. The first-order valence-corrected chi connectivity index (χ1v) is 11.7. The van der Waals surface area contributed by atoms with Gasteiger partial charge in [0.2, 0.25) is 0 Å². The normalized spacial score (nSPS) is 14.5.